The topological polar surface area (TPSA) is 187 Å². The molecule has 0 fully saturated rings. The third-order valence-corrected chi connectivity index (χ3v) is 12.5. The second-order valence-electron chi connectivity index (χ2n) is 12.4. The molecule has 0 radical (unpaired) electrons. The molecule has 282 valence electrons. The first kappa shape index (κ1) is 42.1. The van der Waals surface area contributed by atoms with E-state index >= 15 is 0 Å². The van der Waals surface area contributed by atoms with Crippen molar-refractivity contribution in [2.75, 3.05) is 26.4 Å². The molecule has 6 N–H and O–H groups in total. The molecule has 2 aromatic heterocycles. The average molecular weight is 748 g/mol. The van der Waals surface area contributed by atoms with E-state index < -0.39 is 38.7 Å². The van der Waals surface area contributed by atoms with Gasteiger partial charge >= 0.3 is 15.2 Å². The number of carbonyl (C=O) groups is 2. The first-order valence-corrected chi connectivity index (χ1v) is 20.7. The number of benzene rings is 2. The molecule has 0 aliphatic rings. The second-order valence-corrected chi connectivity index (χ2v) is 16.8. The Morgan fingerprint density at radius 3 is 1.63 bits per heavy atom. The van der Waals surface area contributed by atoms with Gasteiger partial charge in [-0.1, -0.05) is 50.2 Å². The first-order chi connectivity index (χ1) is 24.3. The van der Waals surface area contributed by atoms with Crippen LogP contribution in [0.15, 0.2) is 60.9 Å². The highest BCUT2D eigenvalue weighted by molar-refractivity contribution is 7.54. The summed E-state index contributed by atoms with van der Waals surface area (Å²) in [5.74, 6) is -2.09. The van der Waals surface area contributed by atoms with Crippen molar-refractivity contribution in [3.8, 4) is 0 Å². The van der Waals surface area contributed by atoms with Crippen LogP contribution >= 0.6 is 15.2 Å². The lowest BCUT2D eigenvalue weighted by molar-refractivity contribution is -0.128. The molecule has 4 rings (SSSR count). The van der Waals surface area contributed by atoms with Gasteiger partial charge < -0.3 is 44.4 Å². The van der Waals surface area contributed by atoms with E-state index in [2.05, 4.69) is 20.6 Å². The monoisotopic (exact) mass is 747 g/mol. The van der Waals surface area contributed by atoms with Crippen molar-refractivity contribution in [2.24, 2.45) is 11.7 Å². The largest absolute Gasteiger partial charge is 0.361 e. The first-order valence-electron chi connectivity index (χ1n) is 17.5. The van der Waals surface area contributed by atoms with Gasteiger partial charge in [-0.25, -0.2) is 0 Å². The molecule has 0 saturated heterocycles. The fourth-order valence-corrected chi connectivity index (χ4v) is 9.22. The van der Waals surface area contributed by atoms with E-state index in [1.165, 1.54) is 6.92 Å². The van der Waals surface area contributed by atoms with Crippen molar-refractivity contribution >= 4 is 48.8 Å². The molecule has 3 unspecified atom stereocenters. The van der Waals surface area contributed by atoms with Gasteiger partial charge in [0.2, 0.25) is 11.8 Å². The molecule has 2 amide bonds. The molecule has 0 spiro atoms. The minimum absolute atomic E-state index is 0.179. The van der Waals surface area contributed by atoms with Crippen molar-refractivity contribution in [3.63, 3.8) is 0 Å². The molecule has 2 aromatic carbocycles. The van der Waals surface area contributed by atoms with E-state index in [1.54, 1.807) is 27.7 Å². The van der Waals surface area contributed by atoms with Crippen molar-refractivity contribution in [1.82, 2.24) is 20.6 Å². The lowest BCUT2D eigenvalue weighted by Crippen LogP contribution is -2.50. The van der Waals surface area contributed by atoms with Gasteiger partial charge in [-0.3, -0.25) is 18.7 Å². The predicted octanol–water partition coefficient (Wildman–Crippen LogP) is 7.23. The fourth-order valence-electron chi connectivity index (χ4n) is 5.77. The fraction of sp³-hybridized carbons (Fsp3) is 0.500. The van der Waals surface area contributed by atoms with Crippen LogP contribution in [0.25, 0.3) is 21.8 Å². The predicted molar refractivity (Wildman–Crippen MR) is 203 cm³/mol. The van der Waals surface area contributed by atoms with E-state index in [-0.39, 0.29) is 31.5 Å². The summed E-state index contributed by atoms with van der Waals surface area (Å²) < 4.78 is 47.9. The normalized spacial score (nSPS) is 13.8. The van der Waals surface area contributed by atoms with E-state index in [4.69, 9.17) is 23.8 Å². The third kappa shape index (κ3) is 11.9. The molecule has 3 atom stereocenters. The van der Waals surface area contributed by atoms with Crippen LogP contribution in [0.5, 0.6) is 0 Å². The summed E-state index contributed by atoms with van der Waals surface area (Å²) in [5, 5.41) is 7.61. The number of hydrogen-bond donors (Lipinski definition) is 5. The van der Waals surface area contributed by atoms with Crippen molar-refractivity contribution in [3.05, 3.63) is 72.1 Å². The maximum Gasteiger partial charge on any atom is 0.353 e. The molecule has 4 aromatic rings. The molecule has 0 saturated carbocycles. The molecule has 0 aliphatic carbocycles. The van der Waals surface area contributed by atoms with Crippen LogP contribution in [-0.2, 0) is 49.7 Å². The summed E-state index contributed by atoms with van der Waals surface area (Å²) in [6.07, 6.45) is 4.89. The number of nitrogens with one attached hydrogen (secondary N) is 4. The average Bonchev–Trinajstić information content (AvgIpc) is 3.68. The minimum Gasteiger partial charge on any atom is -0.361 e. The van der Waals surface area contributed by atoms with Gasteiger partial charge in [0, 0.05) is 54.0 Å². The molecular weight excluding hydrogens is 692 g/mol. The van der Waals surface area contributed by atoms with Crippen LogP contribution in [0.2, 0.25) is 0 Å². The number of aromatic amines is 2. The number of para-hydroxylation sites is 2. The maximum absolute atomic E-state index is 13.6. The van der Waals surface area contributed by atoms with E-state index in [9.17, 15) is 18.7 Å². The quantitative estimate of drug-likeness (QED) is 0.0617. The Balaban J connectivity index is 0.000000302. The molecule has 2 heterocycles. The number of aromatic nitrogens is 2. The van der Waals surface area contributed by atoms with Gasteiger partial charge in [-0.05, 0) is 63.3 Å². The van der Waals surface area contributed by atoms with Gasteiger partial charge in [0.05, 0.1) is 26.4 Å². The number of nitrogens with two attached hydrogens (primary N) is 1. The van der Waals surface area contributed by atoms with Crippen LogP contribution < -0.4 is 16.4 Å². The van der Waals surface area contributed by atoms with Gasteiger partial charge in [0.25, 0.3) is 0 Å². The van der Waals surface area contributed by atoms with Crippen LogP contribution in [0.3, 0.4) is 0 Å². The minimum atomic E-state index is -3.67. The third-order valence-electron chi connectivity index (χ3n) is 7.93. The van der Waals surface area contributed by atoms with Gasteiger partial charge in [-0.15, -0.1) is 0 Å². The molecule has 15 heteroatoms. The Hall–Kier alpha value is -3.28. The summed E-state index contributed by atoms with van der Waals surface area (Å²) in [6.45, 7) is 13.3. The van der Waals surface area contributed by atoms with Crippen LogP contribution in [-0.4, -0.2) is 65.8 Å². The maximum atomic E-state index is 13.6. The summed E-state index contributed by atoms with van der Waals surface area (Å²) in [6, 6.07) is 15.0. The Morgan fingerprint density at radius 2 is 1.18 bits per heavy atom. The SMILES string of the molecule is CCOP(=O)(OCC)C(Cc1c[nH]c2ccccc12)NC(=O)C(CC(C)C)NC(C)=O.CCOP(=O)(OCC)C(N)Cc1c[nH]c2ccccc12. The van der Waals surface area contributed by atoms with E-state index in [1.807, 2.05) is 74.8 Å². The van der Waals surface area contributed by atoms with Crippen LogP contribution in [0.1, 0.15) is 66.0 Å². The highest BCUT2D eigenvalue weighted by Crippen LogP contribution is 2.53. The number of carbonyl (C=O) groups excluding carboxylic acids is 2. The molecule has 0 aliphatic heterocycles. The molecule has 51 heavy (non-hydrogen) atoms. The second kappa shape index (κ2) is 20.1. The molecule has 13 nitrogen and oxygen atoms in total. The number of H-pyrrole nitrogens is 2. The smallest absolute Gasteiger partial charge is 0.353 e. The lowest BCUT2D eigenvalue weighted by Gasteiger charge is -2.29. The Kier molecular flexibility index (Phi) is 16.6. The lowest BCUT2D eigenvalue weighted by atomic mass is 10.0. The summed E-state index contributed by atoms with van der Waals surface area (Å²) in [4.78, 5) is 31.1. The zero-order valence-electron chi connectivity index (χ0n) is 30.8. The van der Waals surface area contributed by atoms with Gasteiger partial charge in [0.1, 0.15) is 17.6 Å². The number of amides is 2. The van der Waals surface area contributed by atoms with Gasteiger partial charge in [-0.2, -0.15) is 0 Å². The number of fused-ring (bicyclic) bond motifs is 2. The Labute approximate surface area is 301 Å². The molecular formula is C36H55N5O8P2. The molecule has 0 bridgehead atoms. The Bertz CT molecular complexity index is 1770. The standard InChI is InChI=1S/C22H34N3O5P.C14H21N2O3P/c1-6-29-31(28,30-7-2)21(13-17-14-23-19-11-9-8-10-18(17)19)25-22(27)20(12-15(3)4)24-16(5)26;1-3-18-20(17,19-4-2)14(15)9-11-10-16-13-8-6-5-7-12(11)13/h8-11,14-15,20-21,23H,6-7,12-13H2,1-5H3,(H,24,26)(H,25,27);5-8,10,14,16H,3-4,9,15H2,1-2H3. The van der Waals surface area contributed by atoms with Crippen LogP contribution in [0, 0.1) is 5.92 Å². The van der Waals surface area contributed by atoms with Gasteiger partial charge in [0.15, 0.2) is 0 Å². The summed E-state index contributed by atoms with van der Waals surface area (Å²) in [7, 11) is -6.93. The van der Waals surface area contributed by atoms with Crippen molar-refractivity contribution < 1.29 is 36.8 Å². The highest BCUT2D eigenvalue weighted by Gasteiger charge is 2.39. The summed E-state index contributed by atoms with van der Waals surface area (Å²) in [5.41, 5.74) is 9.97. The van der Waals surface area contributed by atoms with Crippen molar-refractivity contribution in [1.29, 1.82) is 0 Å². The van der Waals surface area contributed by atoms with Crippen LogP contribution in [0.4, 0.5) is 0 Å². The van der Waals surface area contributed by atoms with E-state index in [0.717, 1.165) is 32.9 Å². The number of hydrogen-bond acceptors (Lipinski definition) is 9. The Morgan fingerprint density at radius 1 is 0.725 bits per heavy atom. The van der Waals surface area contributed by atoms with Crippen molar-refractivity contribution in [2.45, 2.75) is 85.3 Å². The number of rotatable bonds is 19. The van der Waals surface area contributed by atoms with E-state index in [0.29, 0.717) is 26.1 Å². The zero-order chi connectivity index (χ0) is 37.6. The zero-order valence-corrected chi connectivity index (χ0v) is 32.6. The highest BCUT2D eigenvalue weighted by atomic mass is 31.2. The summed E-state index contributed by atoms with van der Waals surface area (Å²) >= 11 is 0.